The number of ether oxygens (including phenoxy) is 2. The summed E-state index contributed by atoms with van der Waals surface area (Å²) < 4.78 is 72.8. The summed E-state index contributed by atoms with van der Waals surface area (Å²) in [4.78, 5) is 10.1. The highest BCUT2D eigenvalue weighted by atomic mass is 35.5. The van der Waals surface area contributed by atoms with Crippen LogP contribution in [0.4, 0.5) is 13.2 Å². The Labute approximate surface area is 152 Å². The summed E-state index contributed by atoms with van der Waals surface area (Å²) in [6.45, 7) is 1.18. The van der Waals surface area contributed by atoms with Gasteiger partial charge in [-0.1, -0.05) is 11.6 Å². The quantitative estimate of drug-likeness (QED) is 0.551. The van der Waals surface area contributed by atoms with E-state index in [0.29, 0.717) is 12.3 Å². The third kappa shape index (κ3) is 4.89. The average Bonchev–Trinajstić information content (AvgIpc) is 2.48. The van der Waals surface area contributed by atoms with Crippen LogP contribution in [0.25, 0.3) is 0 Å². The van der Waals surface area contributed by atoms with Crippen molar-refractivity contribution in [1.82, 2.24) is 0 Å². The summed E-state index contributed by atoms with van der Waals surface area (Å²) >= 11 is 5.93. The Hall–Kier alpha value is -2.26. The third-order valence-corrected chi connectivity index (χ3v) is 4.52. The van der Waals surface area contributed by atoms with E-state index in [2.05, 4.69) is 0 Å². The predicted octanol–water partition coefficient (Wildman–Crippen LogP) is 4.48. The molecule has 10 heteroatoms. The summed E-state index contributed by atoms with van der Waals surface area (Å²) in [6.07, 6.45) is -4.22. The van der Waals surface area contributed by atoms with Crippen LogP contribution < -0.4 is 9.47 Å². The van der Waals surface area contributed by atoms with Gasteiger partial charge < -0.3 is 9.47 Å². The van der Waals surface area contributed by atoms with Crippen molar-refractivity contribution < 1.29 is 35.9 Å². The summed E-state index contributed by atoms with van der Waals surface area (Å²) in [6, 6.07) is 6.37. The molecule has 0 heterocycles. The van der Waals surface area contributed by atoms with Crippen molar-refractivity contribution in [3.63, 3.8) is 0 Å². The molecule has 0 aliphatic carbocycles. The third-order valence-electron chi connectivity index (χ3n) is 3.05. The number of hydrogen-bond donors (Lipinski definition) is 0. The fraction of sp³-hybridized carbons (Fsp3) is 0.188. The predicted molar refractivity (Wildman–Crippen MR) is 87.4 cm³/mol. The van der Waals surface area contributed by atoms with E-state index in [1.54, 1.807) is 0 Å². The van der Waals surface area contributed by atoms with Crippen molar-refractivity contribution in [3.05, 3.63) is 47.0 Å². The van der Waals surface area contributed by atoms with Gasteiger partial charge in [0.25, 0.3) is 0 Å². The largest absolute Gasteiger partial charge is 0.456 e. The number of carbonyl (C=O) groups is 1. The second kappa shape index (κ2) is 7.16. The zero-order valence-corrected chi connectivity index (χ0v) is 15.0. The van der Waals surface area contributed by atoms with E-state index in [9.17, 15) is 26.4 Å². The van der Waals surface area contributed by atoms with E-state index < -0.39 is 32.4 Å². The molecule has 0 unspecified atom stereocenters. The van der Waals surface area contributed by atoms with Crippen LogP contribution in [-0.2, 0) is 20.8 Å². The lowest BCUT2D eigenvalue weighted by Crippen LogP contribution is -2.12. The highest BCUT2D eigenvalue weighted by Crippen LogP contribution is 2.39. The minimum atomic E-state index is -4.90. The molecule has 0 spiro atoms. The van der Waals surface area contributed by atoms with E-state index >= 15 is 0 Å². The van der Waals surface area contributed by atoms with Crippen LogP contribution in [0.5, 0.6) is 17.2 Å². The first kappa shape index (κ1) is 20.1. The van der Waals surface area contributed by atoms with Gasteiger partial charge in [0.05, 0.1) is 15.5 Å². The Balaban J connectivity index is 2.47. The summed E-state index contributed by atoms with van der Waals surface area (Å²) in [5.74, 6) is -0.868. The summed E-state index contributed by atoms with van der Waals surface area (Å²) in [5, 5.41) is 0.0571. The van der Waals surface area contributed by atoms with E-state index in [1.807, 2.05) is 0 Å². The van der Waals surface area contributed by atoms with Crippen LogP contribution in [0.1, 0.15) is 12.5 Å². The number of benzene rings is 2. The Morgan fingerprint density at radius 3 is 2.23 bits per heavy atom. The van der Waals surface area contributed by atoms with E-state index in [1.165, 1.54) is 25.1 Å². The molecular weight excluding hydrogens is 397 g/mol. The van der Waals surface area contributed by atoms with Crippen molar-refractivity contribution in [2.24, 2.45) is 0 Å². The van der Waals surface area contributed by atoms with Crippen LogP contribution >= 0.6 is 11.6 Å². The van der Waals surface area contributed by atoms with Crippen LogP contribution in [0, 0.1) is 0 Å². The lowest BCUT2D eigenvalue weighted by Gasteiger charge is -2.14. The molecule has 0 atom stereocenters. The zero-order valence-electron chi connectivity index (χ0n) is 13.4. The lowest BCUT2D eigenvalue weighted by molar-refractivity contribution is -0.140. The van der Waals surface area contributed by atoms with Crippen LogP contribution in [-0.4, -0.2) is 20.6 Å². The topological polar surface area (TPSA) is 69.7 Å². The number of carbonyl (C=O) groups excluding carboxylic acids is 1. The van der Waals surface area contributed by atoms with Gasteiger partial charge in [-0.3, -0.25) is 4.79 Å². The molecule has 0 N–H and O–H groups in total. The number of halogens is 4. The molecule has 2 aromatic rings. The van der Waals surface area contributed by atoms with Crippen LogP contribution in [0.15, 0.2) is 41.3 Å². The molecule has 0 saturated heterocycles. The standard InChI is InChI=1S/C16H12ClF3O5S/c1-9(21)24-11-3-5-13(17)14(8-11)25-10-4-6-15(26(2,22)23)12(7-10)16(18,19)20/h3-8H,1-2H3. The maximum atomic E-state index is 13.2. The molecule has 5 nitrogen and oxygen atoms in total. The molecular formula is C16H12ClF3O5S. The van der Waals surface area contributed by atoms with Gasteiger partial charge in [0, 0.05) is 19.2 Å². The minimum absolute atomic E-state index is 0.0571. The second-order valence-corrected chi connectivity index (χ2v) is 7.61. The van der Waals surface area contributed by atoms with Gasteiger partial charge in [0.15, 0.2) is 9.84 Å². The number of sulfone groups is 1. The van der Waals surface area contributed by atoms with Crippen molar-refractivity contribution in [2.75, 3.05) is 6.26 Å². The lowest BCUT2D eigenvalue weighted by atomic mass is 10.2. The number of alkyl halides is 3. The summed E-state index contributed by atoms with van der Waals surface area (Å²) in [5.41, 5.74) is -1.36. The van der Waals surface area contributed by atoms with E-state index in [-0.39, 0.29) is 22.3 Å². The first-order chi connectivity index (χ1) is 11.9. The normalized spacial score (nSPS) is 11.9. The molecule has 140 valence electrons. The second-order valence-electron chi connectivity index (χ2n) is 5.22. The molecule has 0 bridgehead atoms. The van der Waals surface area contributed by atoms with Crippen molar-refractivity contribution in [1.29, 1.82) is 0 Å². The maximum Gasteiger partial charge on any atom is 0.417 e. The molecule has 0 saturated carbocycles. The van der Waals surface area contributed by atoms with Gasteiger partial charge >= 0.3 is 12.1 Å². The molecule has 2 rings (SSSR count). The van der Waals surface area contributed by atoms with Crippen LogP contribution in [0.2, 0.25) is 5.02 Å². The van der Waals surface area contributed by atoms with Gasteiger partial charge in [0.1, 0.15) is 17.2 Å². The smallest absolute Gasteiger partial charge is 0.417 e. The Morgan fingerprint density at radius 2 is 1.69 bits per heavy atom. The Kier molecular flexibility index (Phi) is 5.52. The average molecular weight is 409 g/mol. The van der Waals surface area contributed by atoms with Gasteiger partial charge in [-0.25, -0.2) is 8.42 Å². The van der Waals surface area contributed by atoms with Crippen LogP contribution in [0.3, 0.4) is 0 Å². The fourth-order valence-electron chi connectivity index (χ4n) is 2.04. The van der Waals surface area contributed by atoms with Gasteiger partial charge in [-0.2, -0.15) is 13.2 Å². The molecule has 0 fully saturated rings. The molecule has 26 heavy (non-hydrogen) atoms. The highest BCUT2D eigenvalue weighted by molar-refractivity contribution is 7.90. The molecule has 0 radical (unpaired) electrons. The molecule has 0 aliphatic heterocycles. The number of rotatable bonds is 4. The number of esters is 1. The van der Waals surface area contributed by atoms with Crippen molar-refractivity contribution in [3.8, 4) is 17.2 Å². The Bertz CT molecular complexity index is 955. The first-order valence-electron chi connectivity index (χ1n) is 6.95. The monoisotopic (exact) mass is 408 g/mol. The fourth-order valence-corrected chi connectivity index (χ4v) is 3.08. The highest BCUT2D eigenvalue weighted by Gasteiger charge is 2.36. The van der Waals surface area contributed by atoms with E-state index in [0.717, 1.165) is 12.1 Å². The van der Waals surface area contributed by atoms with Gasteiger partial charge in [-0.15, -0.1) is 0 Å². The summed E-state index contributed by atoms with van der Waals surface area (Å²) in [7, 11) is -4.09. The molecule has 0 aliphatic rings. The van der Waals surface area contributed by atoms with Gasteiger partial charge in [-0.05, 0) is 30.3 Å². The molecule has 0 amide bonds. The minimum Gasteiger partial charge on any atom is -0.456 e. The zero-order chi connectivity index (χ0) is 19.7. The number of hydrogen-bond acceptors (Lipinski definition) is 5. The SMILES string of the molecule is CC(=O)Oc1ccc(Cl)c(Oc2ccc(S(C)(=O)=O)c(C(F)(F)F)c2)c1. The van der Waals surface area contributed by atoms with E-state index in [4.69, 9.17) is 21.1 Å². The molecule has 0 aromatic heterocycles. The Morgan fingerprint density at radius 1 is 1.08 bits per heavy atom. The maximum absolute atomic E-state index is 13.2. The van der Waals surface area contributed by atoms with Gasteiger partial charge in [0.2, 0.25) is 0 Å². The molecule has 2 aromatic carbocycles. The first-order valence-corrected chi connectivity index (χ1v) is 9.22. The van der Waals surface area contributed by atoms with Crippen molar-refractivity contribution >= 4 is 27.4 Å². The van der Waals surface area contributed by atoms with Crippen molar-refractivity contribution in [2.45, 2.75) is 18.0 Å².